The highest BCUT2D eigenvalue weighted by molar-refractivity contribution is 6.04. The van der Waals surface area contributed by atoms with Crippen molar-refractivity contribution in [3.63, 3.8) is 0 Å². The Labute approximate surface area is 118 Å². The van der Waals surface area contributed by atoms with Gasteiger partial charge in [-0.3, -0.25) is 0 Å². The first-order chi connectivity index (χ1) is 9.16. The molecule has 2 radical (unpaired) electrons. The number of benzene rings is 1. The second kappa shape index (κ2) is 5.32. The summed E-state index contributed by atoms with van der Waals surface area (Å²) in [5, 5.41) is 3.16. The van der Waals surface area contributed by atoms with Crippen LogP contribution in [-0.2, 0) is 6.18 Å². The van der Waals surface area contributed by atoms with Crippen LogP contribution in [0.15, 0.2) is 24.3 Å². The van der Waals surface area contributed by atoms with Gasteiger partial charge in [-0.05, 0) is 36.6 Å². The van der Waals surface area contributed by atoms with Crippen molar-refractivity contribution < 1.29 is 13.2 Å². The number of rotatable bonds is 2. The zero-order chi connectivity index (χ0) is 15.0. The van der Waals surface area contributed by atoms with E-state index in [1.165, 1.54) is 6.07 Å². The SMILES string of the molecule is [B]N1CC(Nc2cccc(C(F)(F)F)c2)CC(C)(C)C1. The van der Waals surface area contributed by atoms with Gasteiger partial charge in [0.1, 0.15) is 0 Å². The zero-order valence-electron chi connectivity index (χ0n) is 11.7. The van der Waals surface area contributed by atoms with Crippen LogP contribution in [0.1, 0.15) is 25.8 Å². The molecule has 1 aliphatic rings. The van der Waals surface area contributed by atoms with Crippen molar-refractivity contribution in [3.8, 4) is 0 Å². The summed E-state index contributed by atoms with van der Waals surface area (Å²) in [6.45, 7) is 5.62. The van der Waals surface area contributed by atoms with Crippen LogP contribution in [0.2, 0.25) is 0 Å². The van der Waals surface area contributed by atoms with Crippen molar-refractivity contribution in [2.75, 3.05) is 18.4 Å². The average Bonchev–Trinajstić information content (AvgIpc) is 2.25. The van der Waals surface area contributed by atoms with Crippen LogP contribution in [0.5, 0.6) is 0 Å². The second-order valence-corrected chi connectivity index (χ2v) is 6.22. The van der Waals surface area contributed by atoms with Crippen LogP contribution in [0.3, 0.4) is 0 Å². The fourth-order valence-electron chi connectivity index (χ4n) is 2.81. The lowest BCUT2D eigenvalue weighted by Gasteiger charge is -2.42. The molecule has 0 aromatic heterocycles. The third-order valence-corrected chi connectivity index (χ3v) is 3.45. The van der Waals surface area contributed by atoms with Gasteiger partial charge >= 0.3 is 6.18 Å². The lowest BCUT2D eigenvalue weighted by molar-refractivity contribution is -0.137. The molecule has 1 atom stereocenters. The van der Waals surface area contributed by atoms with Crippen LogP contribution < -0.4 is 5.32 Å². The van der Waals surface area contributed by atoms with Gasteiger partial charge in [-0.2, -0.15) is 13.2 Å². The number of alkyl halides is 3. The Bertz CT molecular complexity index is 474. The Morgan fingerprint density at radius 1 is 1.35 bits per heavy atom. The molecule has 1 aliphatic heterocycles. The van der Waals surface area contributed by atoms with Gasteiger partial charge in [0.05, 0.1) is 5.56 Å². The minimum atomic E-state index is -4.32. The molecule has 2 nitrogen and oxygen atoms in total. The lowest BCUT2D eigenvalue weighted by Crippen LogP contribution is -2.48. The maximum absolute atomic E-state index is 12.7. The van der Waals surface area contributed by atoms with E-state index in [1.807, 2.05) is 0 Å². The monoisotopic (exact) mass is 282 g/mol. The van der Waals surface area contributed by atoms with E-state index in [9.17, 15) is 13.2 Å². The molecule has 0 spiro atoms. The molecule has 1 aromatic carbocycles. The van der Waals surface area contributed by atoms with Gasteiger partial charge in [-0.25, -0.2) is 0 Å². The molecule has 20 heavy (non-hydrogen) atoms. The summed E-state index contributed by atoms with van der Waals surface area (Å²) in [7, 11) is 5.87. The van der Waals surface area contributed by atoms with E-state index in [4.69, 9.17) is 7.98 Å². The summed E-state index contributed by atoms with van der Waals surface area (Å²) in [5.74, 6) is 0. The maximum Gasteiger partial charge on any atom is 0.416 e. The van der Waals surface area contributed by atoms with Crippen LogP contribution in [0.25, 0.3) is 0 Å². The smallest absolute Gasteiger partial charge is 0.381 e. The van der Waals surface area contributed by atoms with Crippen LogP contribution in [0, 0.1) is 5.41 Å². The van der Waals surface area contributed by atoms with Gasteiger partial charge in [-0.1, -0.05) is 19.9 Å². The van der Waals surface area contributed by atoms with Gasteiger partial charge < -0.3 is 10.1 Å². The summed E-state index contributed by atoms with van der Waals surface area (Å²) in [4.78, 5) is 1.72. The van der Waals surface area contributed by atoms with E-state index in [2.05, 4.69) is 19.2 Å². The molecule has 1 heterocycles. The fourth-order valence-corrected chi connectivity index (χ4v) is 2.81. The Morgan fingerprint density at radius 3 is 2.65 bits per heavy atom. The molecule has 1 N–H and O–H groups in total. The first-order valence-electron chi connectivity index (χ1n) is 6.59. The predicted octanol–water partition coefficient (Wildman–Crippen LogP) is 3.30. The molecule has 0 saturated carbocycles. The van der Waals surface area contributed by atoms with E-state index in [0.29, 0.717) is 12.2 Å². The van der Waals surface area contributed by atoms with Gasteiger partial charge in [0, 0.05) is 18.3 Å². The predicted molar refractivity (Wildman–Crippen MR) is 74.6 cm³/mol. The number of hydrogen-bond acceptors (Lipinski definition) is 2. The van der Waals surface area contributed by atoms with Crippen molar-refractivity contribution in [3.05, 3.63) is 29.8 Å². The molecule has 1 aromatic rings. The highest BCUT2D eigenvalue weighted by Crippen LogP contribution is 2.32. The Hall–Kier alpha value is -1.17. The normalized spacial score (nSPS) is 23.6. The average molecular weight is 282 g/mol. The quantitative estimate of drug-likeness (QED) is 0.837. The van der Waals surface area contributed by atoms with E-state index in [1.54, 1.807) is 10.9 Å². The van der Waals surface area contributed by atoms with Crippen LogP contribution in [0.4, 0.5) is 18.9 Å². The minimum Gasteiger partial charge on any atom is -0.381 e. The number of halogens is 3. The standard InChI is InChI=1S/C14H18BF3N2/c1-13(2)7-12(8-20(15)9-13)19-11-5-3-4-10(6-11)14(16,17)18/h3-6,12,19H,7-9H2,1-2H3. The zero-order valence-corrected chi connectivity index (χ0v) is 11.7. The summed E-state index contributed by atoms with van der Waals surface area (Å²) in [6.07, 6.45) is -3.44. The molecule has 2 rings (SSSR count). The first-order valence-corrected chi connectivity index (χ1v) is 6.59. The molecular formula is C14H18BF3N2. The molecule has 1 saturated heterocycles. The number of nitrogens with zero attached hydrogens (tertiary/aromatic N) is 1. The van der Waals surface area contributed by atoms with Gasteiger partial charge in [-0.15, -0.1) is 0 Å². The Kier molecular flexibility index (Phi) is 4.05. The van der Waals surface area contributed by atoms with E-state index in [0.717, 1.165) is 25.1 Å². The maximum atomic E-state index is 12.7. The number of hydrogen-bond donors (Lipinski definition) is 1. The molecule has 0 amide bonds. The number of anilines is 1. The van der Waals surface area contributed by atoms with Gasteiger partial charge in [0.15, 0.2) is 7.98 Å². The molecule has 108 valence electrons. The third-order valence-electron chi connectivity index (χ3n) is 3.45. The van der Waals surface area contributed by atoms with E-state index in [-0.39, 0.29) is 11.5 Å². The highest BCUT2D eigenvalue weighted by Gasteiger charge is 2.32. The fraction of sp³-hybridized carbons (Fsp3) is 0.571. The van der Waals surface area contributed by atoms with E-state index >= 15 is 0 Å². The lowest BCUT2D eigenvalue weighted by atomic mass is 9.80. The molecule has 1 unspecified atom stereocenters. The third kappa shape index (κ3) is 3.92. The van der Waals surface area contributed by atoms with E-state index < -0.39 is 11.7 Å². The molecule has 1 fully saturated rings. The Morgan fingerprint density at radius 2 is 2.05 bits per heavy atom. The summed E-state index contributed by atoms with van der Waals surface area (Å²) < 4.78 is 38.0. The van der Waals surface area contributed by atoms with Crippen molar-refractivity contribution in [2.24, 2.45) is 5.41 Å². The number of piperidine rings is 1. The summed E-state index contributed by atoms with van der Waals surface area (Å²) in [6, 6.07) is 5.33. The van der Waals surface area contributed by atoms with Crippen molar-refractivity contribution >= 4 is 13.7 Å². The summed E-state index contributed by atoms with van der Waals surface area (Å²) >= 11 is 0. The van der Waals surface area contributed by atoms with Crippen LogP contribution >= 0.6 is 0 Å². The molecule has 0 bridgehead atoms. The summed E-state index contributed by atoms with van der Waals surface area (Å²) in [5.41, 5.74) is -0.107. The topological polar surface area (TPSA) is 15.3 Å². The van der Waals surface area contributed by atoms with Gasteiger partial charge in [0.2, 0.25) is 0 Å². The van der Waals surface area contributed by atoms with Crippen molar-refractivity contribution in [2.45, 2.75) is 32.5 Å². The first kappa shape index (κ1) is 15.2. The van der Waals surface area contributed by atoms with Crippen molar-refractivity contribution in [1.82, 2.24) is 4.81 Å². The van der Waals surface area contributed by atoms with Gasteiger partial charge in [0.25, 0.3) is 0 Å². The molecule has 6 heteroatoms. The molecule has 0 aliphatic carbocycles. The second-order valence-electron chi connectivity index (χ2n) is 6.22. The van der Waals surface area contributed by atoms with Crippen LogP contribution in [-0.4, -0.2) is 31.9 Å². The Balaban J connectivity index is 2.10. The largest absolute Gasteiger partial charge is 0.416 e. The highest BCUT2D eigenvalue weighted by atomic mass is 19.4. The minimum absolute atomic E-state index is 0.0479. The van der Waals surface area contributed by atoms with Crippen molar-refractivity contribution in [1.29, 1.82) is 0 Å². The number of nitrogens with one attached hydrogen (secondary N) is 1. The molecular weight excluding hydrogens is 264 g/mol.